The molecule has 0 spiro atoms. The molecule has 134 valence electrons. The molecule has 0 radical (unpaired) electrons. The molecule has 5 heteroatoms. The van der Waals surface area contributed by atoms with Gasteiger partial charge in [-0.2, -0.15) is 5.10 Å². The molecule has 1 saturated heterocycles. The van der Waals surface area contributed by atoms with Gasteiger partial charge in [0.05, 0.1) is 24.9 Å². The number of benzene rings is 1. The second kappa shape index (κ2) is 6.89. The summed E-state index contributed by atoms with van der Waals surface area (Å²) < 4.78 is 7.64. The van der Waals surface area contributed by atoms with Crippen LogP contribution in [0.5, 0.6) is 0 Å². The third-order valence-electron chi connectivity index (χ3n) is 5.50. The van der Waals surface area contributed by atoms with Crippen LogP contribution in [-0.2, 0) is 4.74 Å². The molecule has 25 heavy (non-hydrogen) atoms. The van der Waals surface area contributed by atoms with Gasteiger partial charge in [-0.3, -0.25) is 4.90 Å². The van der Waals surface area contributed by atoms with Crippen LogP contribution in [-0.4, -0.2) is 46.0 Å². The molecule has 1 atom stereocenters. The summed E-state index contributed by atoms with van der Waals surface area (Å²) in [7, 11) is 0. The Morgan fingerprint density at radius 2 is 1.92 bits per heavy atom. The minimum atomic E-state index is 0.297. The second-order valence-corrected chi connectivity index (χ2v) is 7.36. The lowest BCUT2D eigenvalue weighted by Gasteiger charge is -2.33. The van der Waals surface area contributed by atoms with E-state index in [1.807, 2.05) is 0 Å². The maximum Gasteiger partial charge on any atom is 0.154 e. The van der Waals surface area contributed by atoms with Crippen LogP contribution in [0.15, 0.2) is 18.2 Å². The lowest BCUT2D eigenvalue weighted by molar-refractivity contribution is 0.0129. The maximum absolute atomic E-state index is 5.54. The van der Waals surface area contributed by atoms with Gasteiger partial charge in [0.15, 0.2) is 5.82 Å². The number of nitrogens with zero attached hydrogens (tertiary/aromatic N) is 4. The van der Waals surface area contributed by atoms with Gasteiger partial charge in [0, 0.05) is 19.0 Å². The summed E-state index contributed by atoms with van der Waals surface area (Å²) in [6.07, 6.45) is 3.49. The molecule has 2 aromatic rings. The zero-order valence-corrected chi connectivity index (χ0v) is 15.5. The van der Waals surface area contributed by atoms with E-state index in [2.05, 4.69) is 48.6 Å². The van der Waals surface area contributed by atoms with Crippen molar-refractivity contribution in [3.05, 3.63) is 41.0 Å². The summed E-state index contributed by atoms with van der Waals surface area (Å²) in [6, 6.07) is 6.88. The van der Waals surface area contributed by atoms with E-state index in [9.17, 15) is 0 Å². The van der Waals surface area contributed by atoms with Crippen molar-refractivity contribution in [2.24, 2.45) is 0 Å². The molecule has 2 heterocycles. The fraction of sp³-hybridized carbons (Fsp3) is 0.600. The monoisotopic (exact) mass is 340 g/mol. The molecule has 0 N–H and O–H groups in total. The molecule has 1 aromatic heterocycles. The third-order valence-corrected chi connectivity index (χ3v) is 5.50. The molecule has 0 amide bonds. The van der Waals surface area contributed by atoms with E-state index in [4.69, 9.17) is 14.8 Å². The van der Waals surface area contributed by atoms with Crippen LogP contribution in [0.2, 0.25) is 0 Å². The SMILES string of the molecule is CC[C@@H](c1nc(C2CC2)nn1-c1ccc(C)c(C)c1)N1CCOCC1. The molecule has 1 aliphatic carbocycles. The van der Waals surface area contributed by atoms with Gasteiger partial charge >= 0.3 is 0 Å². The summed E-state index contributed by atoms with van der Waals surface area (Å²) in [5, 5.41) is 4.92. The van der Waals surface area contributed by atoms with Crippen molar-refractivity contribution >= 4 is 0 Å². The van der Waals surface area contributed by atoms with E-state index in [1.54, 1.807) is 0 Å². The Balaban J connectivity index is 1.75. The average Bonchev–Trinajstić information content (AvgIpc) is 3.39. The zero-order valence-electron chi connectivity index (χ0n) is 15.5. The molecule has 2 aliphatic rings. The number of morpholine rings is 1. The molecule has 1 saturated carbocycles. The van der Waals surface area contributed by atoms with E-state index < -0.39 is 0 Å². The van der Waals surface area contributed by atoms with Crippen molar-refractivity contribution in [1.29, 1.82) is 0 Å². The van der Waals surface area contributed by atoms with Crippen molar-refractivity contribution in [3.63, 3.8) is 0 Å². The van der Waals surface area contributed by atoms with E-state index in [0.717, 1.165) is 50.1 Å². The van der Waals surface area contributed by atoms with E-state index in [0.29, 0.717) is 12.0 Å². The number of rotatable bonds is 5. The zero-order chi connectivity index (χ0) is 17.4. The summed E-state index contributed by atoms with van der Waals surface area (Å²) in [5.41, 5.74) is 3.74. The summed E-state index contributed by atoms with van der Waals surface area (Å²) in [6.45, 7) is 10.1. The van der Waals surface area contributed by atoms with Crippen LogP contribution >= 0.6 is 0 Å². The molecule has 1 aliphatic heterocycles. The highest BCUT2D eigenvalue weighted by Gasteiger charge is 2.32. The second-order valence-electron chi connectivity index (χ2n) is 7.36. The lowest BCUT2D eigenvalue weighted by atomic mass is 10.1. The standard InChI is InChI=1S/C20H28N4O/c1-4-18(23-9-11-25-12-10-23)20-21-19(16-6-7-16)22-24(20)17-8-5-14(2)15(3)13-17/h5,8,13,16,18H,4,6-7,9-12H2,1-3H3/t18-/m0/s1. The fourth-order valence-electron chi connectivity index (χ4n) is 3.61. The number of hydrogen-bond donors (Lipinski definition) is 0. The number of hydrogen-bond acceptors (Lipinski definition) is 4. The Labute approximate surface area is 150 Å². The first-order valence-corrected chi connectivity index (χ1v) is 9.53. The summed E-state index contributed by atoms with van der Waals surface area (Å²) in [5.74, 6) is 2.68. The Hall–Kier alpha value is -1.72. The molecule has 5 nitrogen and oxygen atoms in total. The van der Waals surface area contributed by atoms with Crippen molar-refractivity contribution in [3.8, 4) is 5.69 Å². The van der Waals surface area contributed by atoms with Crippen LogP contribution in [0.3, 0.4) is 0 Å². The van der Waals surface area contributed by atoms with Crippen molar-refractivity contribution < 1.29 is 4.74 Å². The predicted octanol–water partition coefficient (Wildman–Crippen LogP) is 3.54. The van der Waals surface area contributed by atoms with Gasteiger partial charge in [-0.25, -0.2) is 9.67 Å². The molecule has 2 fully saturated rings. The summed E-state index contributed by atoms with van der Waals surface area (Å²) in [4.78, 5) is 7.52. The van der Waals surface area contributed by atoms with Crippen molar-refractivity contribution in [1.82, 2.24) is 19.7 Å². The Morgan fingerprint density at radius 3 is 2.56 bits per heavy atom. The Kier molecular flexibility index (Phi) is 4.61. The third kappa shape index (κ3) is 3.35. The highest BCUT2D eigenvalue weighted by atomic mass is 16.5. The van der Waals surface area contributed by atoms with Crippen LogP contribution in [0.25, 0.3) is 5.69 Å². The predicted molar refractivity (Wildman–Crippen MR) is 98.2 cm³/mol. The van der Waals surface area contributed by atoms with Gasteiger partial charge in [-0.15, -0.1) is 0 Å². The van der Waals surface area contributed by atoms with Gasteiger partial charge < -0.3 is 4.74 Å². The van der Waals surface area contributed by atoms with Crippen LogP contribution < -0.4 is 0 Å². The van der Waals surface area contributed by atoms with Crippen LogP contribution in [0.4, 0.5) is 0 Å². The van der Waals surface area contributed by atoms with Crippen LogP contribution in [0, 0.1) is 13.8 Å². The number of ether oxygens (including phenoxy) is 1. The Bertz CT molecular complexity index is 744. The molecule has 0 unspecified atom stereocenters. The lowest BCUT2D eigenvalue weighted by Crippen LogP contribution is -2.39. The van der Waals surface area contributed by atoms with E-state index >= 15 is 0 Å². The fourth-order valence-corrected chi connectivity index (χ4v) is 3.61. The average molecular weight is 340 g/mol. The first-order chi connectivity index (χ1) is 12.2. The first-order valence-electron chi connectivity index (χ1n) is 9.53. The minimum absolute atomic E-state index is 0.297. The van der Waals surface area contributed by atoms with Gasteiger partial charge in [0.1, 0.15) is 5.82 Å². The highest BCUT2D eigenvalue weighted by Crippen LogP contribution is 2.39. The molecule has 1 aromatic carbocycles. The smallest absolute Gasteiger partial charge is 0.154 e. The van der Waals surface area contributed by atoms with Gasteiger partial charge in [0.2, 0.25) is 0 Å². The summed E-state index contributed by atoms with van der Waals surface area (Å²) >= 11 is 0. The number of aromatic nitrogens is 3. The highest BCUT2D eigenvalue weighted by molar-refractivity contribution is 5.40. The number of aryl methyl sites for hydroxylation is 2. The van der Waals surface area contributed by atoms with Gasteiger partial charge in [-0.05, 0) is 56.4 Å². The van der Waals surface area contributed by atoms with E-state index in [-0.39, 0.29) is 0 Å². The van der Waals surface area contributed by atoms with Crippen molar-refractivity contribution in [2.45, 2.75) is 52.0 Å². The molecule has 4 rings (SSSR count). The molecular formula is C20H28N4O. The molecular weight excluding hydrogens is 312 g/mol. The topological polar surface area (TPSA) is 43.2 Å². The van der Waals surface area contributed by atoms with Crippen LogP contribution in [0.1, 0.15) is 60.9 Å². The normalized spacial score (nSPS) is 20.0. The minimum Gasteiger partial charge on any atom is -0.379 e. The van der Waals surface area contributed by atoms with Crippen molar-refractivity contribution in [2.75, 3.05) is 26.3 Å². The van der Waals surface area contributed by atoms with E-state index in [1.165, 1.54) is 24.0 Å². The van der Waals surface area contributed by atoms with Gasteiger partial charge in [-0.1, -0.05) is 13.0 Å². The molecule has 0 bridgehead atoms. The largest absolute Gasteiger partial charge is 0.379 e. The first kappa shape index (κ1) is 16.7. The quantitative estimate of drug-likeness (QED) is 0.835. The maximum atomic E-state index is 5.54. The Morgan fingerprint density at radius 1 is 1.16 bits per heavy atom. The van der Waals surface area contributed by atoms with Gasteiger partial charge in [0.25, 0.3) is 0 Å².